The van der Waals surface area contributed by atoms with Gasteiger partial charge in [-0.3, -0.25) is 14.2 Å². The van der Waals surface area contributed by atoms with Gasteiger partial charge in [-0.1, -0.05) is 67.5 Å². The fourth-order valence-corrected chi connectivity index (χ4v) is 4.28. The number of fused-ring (bicyclic) bond motifs is 1. The number of nitrogens with zero attached hydrogens (tertiary/aromatic N) is 3. The maximum absolute atomic E-state index is 13.5. The van der Waals surface area contributed by atoms with Crippen LogP contribution in [0, 0.1) is 0 Å². The van der Waals surface area contributed by atoms with E-state index in [1.54, 1.807) is 28.8 Å². The van der Waals surface area contributed by atoms with Crippen molar-refractivity contribution < 1.29 is 4.79 Å². The number of benzene rings is 2. The molecule has 0 unspecified atom stereocenters. The molecular weight excluding hydrogens is 444 g/mol. The molecule has 0 saturated carbocycles. The van der Waals surface area contributed by atoms with Crippen LogP contribution < -0.4 is 10.9 Å². The van der Waals surface area contributed by atoms with Crippen molar-refractivity contribution in [1.82, 2.24) is 14.5 Å². The van der Waals surface area contributed by atoms with Gasteiger partial charge in [-0.2, -0.15) is 0 Å². The summed E-state index contributed by atoms with van der Waals surface area (Å²) < 4.78 is 1.61. The Bertz CT molecular complexity index is 1340. The standard InChI is InChI=1S/C24H21ClN4O2S/c1-15(2)17-7-4-6-10-20(17)29-23(31)18-8-3-5-9-19(18)27-24(29)32-14-22(30)28-21-12-11-16(25)13-26-21/h3-13,15H,14H2,1-2H3,(H,26,28,30). The van der Waals surface area contributed by atoms with Gasteiger partial charge in [0.1, 0.15) is 5.82 Å². The summed E-state index contributed by atoms with van der Waals surface area (Å²) in [5.74, 6) is 0.436. The van der Waals surface area contributed by atoms with E-state index in [1.807, 2.05) is 36.4 Å². The minimum absolute atomic E-state index is 0.0684. The number of carbonyl (C=O) groups excluding carboxylic acids is 1. The summed E-state index contributed by atoms with van der Waals surface area (Å²) in [6.45, 7) is 4.16. The van der Waals surface area contributed by atoms with E-state index < -0.39 is 0 Å². The van der Waals surface area contributed by atoms with Crippen LogP contribution in [0.3, 0.4) is 0 Å². The Hall–Kier alpha value is -3.16. The number of para-hydroxylation sites is 2. The first-order valence-electron chi connectivity index (χ1n) is 10.1. The van der Waals surface area contributed by atoms with E-state index in [0.29, 0.717) is 26.9 Å². The molecule has 0 bridgehead atoms. The van der Waals surface area contributed by atoms with Gasteiger partial charge in [0.05, 0.1) is 27.4 Å². The predicted molar refractivity (Wildman–Crippen MR) is 130 cm³/mol. The first kappa shape index (κ1) is 22.0. The predicted octanol–water partition coefficient (Wildman–Crippen LogP) is 5.29. The van der Waals surface area contributed by atoms with Crippen LogP contribution in [-0.2, 0) is 4.79 Å². The first-order valence-corrected chi connectivity index (χ1v) is 11.5. The Morgan fingerprint density at radius 3 is 2.59 bits per heavy atom. The summed E-state index contributed by atoms with van der Waals surface area (Å²) >= 11 is 7.05. The van der Waals surface area contributed by atoms with E-state index in [-0.39, 0.29) is 23.1 Å². The maximum Gasteiger partial charge on any atom is 0.266 e. The molecule has 0 radical (unpaired) electrons. The number of halogens is 1. The molecule has 0 fully saturated rings. The number of carbonyl (C=O) groups is 1. The largest absolute Gasteiger partial charge is 0.310 e. The second-order valence-electron chi connectivity index (χ2n) is 7.46. The zero-order valence-corrected chi connectivity index (χ0v) is 19.2. The molecular formula is C24H21ClN4O2S. The summed E-state index contributed by atoms with van der Waals surface area (Å²) in [7, 11) is 0. The van der Waals surface area contributed by atoms with Crippen molar-refractivity contribution >= 4 is 46.0 Å². The summed E-state index contributed by atoms with van der Waals surface area (Å²) in [4.78, 5) is 34.8. The first-order chi connectivity index (χ1) is 15.4. The molecule has 162 valence electrons. The number of amides is 1. The molecule has 4 aromatic rings. The molecule has 2 heterocycles. The van der Waals surface area contributed by atoms with Gasteiger partial charge >= 0.3 is 0 Å². The van der Waals surface area contributed by atoms with Crippen LogP contribution in [0.4, 0.5) is 5.82 Å². The SMILES string of the molecule is CC(C)c1ccccc1-n1c(SCC(=O)Nc2ccc(Cl)cn2)nc2ccccc2c1=O. The molecule has 1 N–H and O–H groups in total. The summed E-state index contributed by atoms with van der Waals surface area (Å²) in [5, 5.41) is 4.22. The quantitative estimate of drug-likeness (QED) is 0.310. The molecule has 2 aromatic heterocycles. The van der Waals surface area contributed by atoms with Crippen molar-refractivity contribution in [3.63, 3.8) is 0 Å². The Morgan fingerprint density at radius 1 is 1.09 bits per heavy atom. The van der Waals surface area contributed by atoms with E-state index in [1.165, 1.54) is 18.0 Å². The lowest BCUT2D eigenvalue weighted by Crippen LogP contribution is -2.24. The van der Waals surface area contributed by atoms with E-state index in [9.17, 15) is 9.59 Å². The normalized spacial score (nSPS) is 11.1. The summed E-state index contributed by atoms with van der Waals surface area (Å²) in [6, 6.07) is 18.3. The van der Waals surface area contributed by atoms with Crippen LogP contribution >= 0.6 is 23.4 Å². The monoisotopic (exact) mass is 464 g/mol. The number of hydrogen-bond acceptors (Lipinski definition) is 5. The molecule has 8 heteroatoms. The van der Waals surface area contributed by atoms with E-state index >= 15 is 0 Å². The van der Waals surface area contributed by atoms with Gasteiger partial charge in [-0.05, 0) is 41.8 Å². The van der Waals surface area contributed by atoms with Crippen LogP contribution in [0.1, 0.15) is 25.3 Å². The molecule has 0 aliphatic carbocycles. The lowest BCUT2D eigenvalue weighted by molar-refractivity contribution is -0.113. The topological polar surface area (TPSA) is 76.9 Å². The van der Waals surface area contributed by atoms with Crippen LogP contribution in [0.25, 0.3) is 16.6 Å². The van der Waals surface area contributed by atoms with Gasteiger partial charge < -0.3 is 5.32 Å². The number of anilines is 1. The minimum atomic E-state index is -0.254. The Labute approximate surface area is 194 Å². The number of rotatable bonds is 6. The van der Waals surface area contributed by atoms with Gasteiger partial charge in [0.2, 0.25) is 5.91 Å². The summed E-state index contributed by atoms with van der Waals surface area (Å²) in [5.41, 5.74) is 2.24. The van der Waals surface area contributed by atoms with Gasteiger partial charge in [0.25, 0.3) is 5.56 Å². The molecule has 0 aliphatic heterocycles. The molecule has 2 aromatic carbocycles. The van der Waals surface area contributed by atoms with Gasteiger partial charge in [0.15, 0.2) is 5.16 Å². The maximum atomic E-state index is 13.5. The van der Waals surface area contributed by atoms with Crippen LogP contribution in [0.5, 0.6) is 0 Å². The second-order valence-corrected chi connectivity index (χ2v) is 8.84. The average Bonchev–Trinajstić information content (AvgIpc) is 2.79. The number of pyridine rings is 1. The smallest absolute Gasteiger partial charge is 0.266 e. The fraction of sp³-hybridized carbons (Fsp3) is 0.167. The Morgan fingerprint density at radius 2 is 1.84 bits per heavy atom. The Kier molecular flexibility index (Phi) is 6.58. The average molecular weight is 465 g/mol. The van der Waals surface area contributed by atoms with Gasteiger partial charge in [-0.25, -0.2) is 9.97 Å². The lowest BCUT2D eigenvalue weighted by Gasteiger charge is -2.18. The molecule has 32 heavy (non-hydrogen) atoms. The minimum Gasteiger partial charge on any atom is -0.310 e. The van der Waals surface area contributed by atoms with Crippen molar-refractivity contribution in [3.8, 4) is 5.69 Å². The van der Waals surface area contributed by atoms with Gasteiger partial charge in [0, 0.05) is 6.20 Å². The molecule has 0 saturated heterocycles. The van der Waals surface area contributed by atoms with E-state index in [4.69, 9.17) is 16.6 Å². The number of nitrogens with one attached hydrogen (secondary N) is 1. The van der Waals surface area contributed by atoms with Crippen molar-refractivity contribution in [1.29, 1.82) is 0 Å². The van der Waals surface area contributed by atoms with E-state index in [0.717, 1.165) is 11.3 Å². The molecule has 0 atom stereocenters. The highest BCUT2D eigenvalue weighted by molar-refractivity contribution is 7.99. The Balaban J connectivity index is 1.72. The number of aromatic nitrogens is 3. The fourth-order valence-electron chi connectivity index (χ4n) is 3.36. The molecule has 4 rings (SSSR count). The van der Waals surface area contributed by atoms with Crippen molar-refractivity contribution in [2.45, 2.75) is 24.9 Å². The third-order valence-corrected chi connectivity index (χ3v) is 6.03. The second kappa shape index (κ2) is 9.54. The van der Waals surface area contributed by atoms with Crippen LogP contribution in [-0.4, -0.2) is 26.2 Å². The van der Waals surface area contributed by atoms with Crippen LogP contribution in [0.15, 0.2) is 76.8 Å². The third kappa shape index (κ3) is 4.69. The third-order valence-electron chi connectivity index (χ3n) is 4.87. The molecule has 0 aliphatic rings. The number of thioether (sulfide) groups is 1. The molecule has 6 nitrogen and oxygen atoms in total. The summed E-state index contributed by atoms with van der Waals surface area (Å²) in [6.07, 6.45) is 1.47. The highest BCUT2D eigenvalue weighted by Gasteiger charge is 2.18. The van der Waals surface area contributed by atoms with Crippen molar-refractivity contribution in [2.75, 3.05) is 11.1 Å². The van der Waals surface area contributed by atoms with Crippen molar-refractivity contribution in [2.24, 2.45) is 0 Å². The zero-order chi connectivity index (χ0) is 22.7. The highest BCUT2D eigenvalue weighted by atomic mass is 35.5. The van der Waals surface area contributed by atoms with Gasteiger partial charge in [-0.15, -0.1) is 0 Å². The number of hydrogen-bond donors (Lipinski definition) is 1. The highest BCUT2D eigenvalue weighted by Crippen LogP contribution is 2.27. The lowest BCUT2D eigenvalue weighted by atomic mass is 10.0. The molecule has 0 spiro atoms. The van der Waals surface area contributed by atoms with Crippen molar-refractivity contribution in [3.05, 3.63) is 87.8 Å². The molecule has 1 amide bonds. The zero-order valence-electron chi connectivity index (χ0n) is 17.6. The van der Waals surface area contributed by atoms with Crippen LogP contribution in [0.2, 0.25) is 5.02 Å². The van der Waals surface area contributed by atoms with E-state index in [2.05, 4.69) is 24.1 Å².